The molecule has 154 valence electrons. The second-order valence-corrected chi connectivity index (χ2v) is 8.84. The summed E-state index contributed by atoms with van der Waals surface area (Å²) in [6.07, 6.45) is 0. The second kappa shape index (κ2) is 7.91. The quantitative estimate of drug-likeness (QED) is 0.511. The Hall–Kier alpha value is -2.61. The van der Waals surface area contributed by atoms with Crippen molar-refractivity contribution < 1.29 is 5.11 Å². The summed E-state index contributed by atoms with van der Waals surface area (Å²) < 4.78 is 1.53. The Balaban J connectivity index is 1.50. The third-order valence-electron chi connectivity index (χ3n) is 5.55. The molecule has 4 aromatic rings. The zero-order chi connectivity index (χ0) is 20.7. The van der Waals surface area contributed by atoms with Crippen molar-refractivity contribution in [3.8, 4) is 5.88 Å². The maximum Gasteiger partial charge on any atom is 0.230 e. The number of piperazine rings is 1. The molecule has 8 heteroatoms. The van der Waals surface area contributed by atoms with Crippen LogP contribution in [0.3, 0.4) is 0 Å². The molecule has 0 radical (unpaired) electrons. The number of hydrogen-bond donors (Lipinski definition) is 1. The van der Waals surface area contributed by atoms with E-state index in [4.69, 9.17) is 11.6 Å². The molecule has 0 bridgehead atoms. The monoisotopic (exact) mass is 439 g/mol. The Morgan fingerprint density at radius 1 is 1.00 bits per heavy atom. The van der Waals surface area contributed by atoms with Crippen molar-refractivity contribution in [3.05, 3.63) is 75.9 Å². The van der Waals surface area contributed by atoms with Crippen molar-refractivity contribution in [2.45, 2.75) is 13.0 Å². The van der Waals surface area contributed by atoms with Crippen molar-refractivity contribution in [2.75, 3.05) is 31.1 Å². The van der Waals surface area contributed by atoms with Crippen LogP contribution < -0.4 is 4.90 Å². The molecule has 6 nitrogen and oxygen atoms in total. The van der Waals surface area contributed by atoms with Gasteiger partial charge in [-0.25, -0.2) is 4.98 Å². The van der Waals surface area contributed by atoms with E-state index in [1.54, 1.807) is 0 Å². The molecule has 1 aliphatic rings. The fourth-order valence-corrected chi connectivity index (χ4v) is 5.50. The lowest BCUT2D eigenvalue weighted by Crippen LogP contribution is -2.47. The lowest BCUT2D eigenvalue weighted by Gasteiger charge is -2.40. The molecule has 5 rings (SSSR count). The van der Waals surface area contributed by atoms with E-state index in [0.717, 1.165) is 36.6 Å². The summed E-state index contributed by atoms with van der Waals surface area (Å²) >= 11 is 8.08. The number of halogens is 1. The van der Waals surface area contributed by atoms with E-state index < -0.39 is 0 Å². The van der Waals surface area contributed by atoms with E-state index in [1.807, 2.05) is 37.3 Å². The van der Waals surface area contributed by atoms with E-state index in [1.165, 1.54) is 21.5 Å². The standard InChI is InChI=1S/C22H22ClN5OS/c1-15-24-22-28(25-15)21(29)20(30-22)19(17-9-5-6-10-18(17)23)27-13-11-26(12-14-27)16-7-3-2-4-8-16/h2-10,19,29H,11-14H2,1H3. The lowest BCUT2D eigenvalue weighted by molar-refractivity contribution is 0.211. The van der Waals surface area contributed by atoms with Crippen molar-refractivity contribution in [3.63, 3.8) is 0 Å². The first kappa shape index (κ1) is 19.4. The molecule has 2 aromatic heterocycles. The number of hydrogen-bond acceptors (Lipinski definition) is 6. The van der Waals surface area contributed by atoms with Crippen LogP contribution in [0.1, 0.15) is 22.3 Å². The van der Waals surface area contributed by atoms with Crippen LogP contribution in [0.2, 0.25) is 5.02 Å². The molecular weight excluding hydrogens is 418 g/mol. The van der Waals surface area contributed by atoms with Gasteiger partial charge in [-0.15, -0.1) is 5.10 Å². The maximum absolute atomic E-state index is 11.0. The molecular formula is C22H22ClN5OS. The van der Waals surface area contributed by atoms with E-state index in [2.05, 4.69) is 44.1 Å². The van der Waals surface area contributed by atoms with Gasteiger partial charge in [-0.1, -0.05) is 59.3 Å². The summed E-state index contributed by atoms with van der Waals surface area (Å²) in [5.41, 5.74) is 2.23. The summed E-state index contributed by atoms with van der Waals surface area (Å²) in [4.78, 5) is 10.7. The highest BCUT2D eigenvalue weighted by Crippen LogP contribution is 2.42. The number of fused-ring (bicyclic) bond motifs is 1. The van der Waals surface area contributed by atoms with Gasteiger partial charge >= 0.3 is 0 Å². The van der Waals surface area contributed by atoms with Crippen LogP contribution in [0.5, 0.6) is 5.88 Å². The molecule has 0 saturated carbocycles. The van der Waals surface area contributed by atoms with Crippen LogP contribution in [0.4, 0.5) is 5.69 Å². The van der Waals surface area contributed by atoms with E-state index in [9.17, 15) is 5.11 Å². The maximum atomic E-state index is 11.0. The van der Waals surface area contributed by atoms with Gasteiger partial charge in [-0.05, 0) is 30.7 Å². The van der Waals surface area contributed by atoms with E-state index >= 15 is 0 Å². The third-order valence-corrected chi connectivity index (χ3v) is 6.97. The highest BCUT2D eigenvalue weighted by atomic mass is 35.5. The molecule has 1 saturated heterocycles. The molecule has 0 aliphatic carbocycles. The van der Waals surface area contributed by atoms with Gasteiger partial charge in [-0.2, -0.15) is 4.52 Å². The van der Waals surface area contributed by atoms with Gasteiger partial charge in [-0.3, -0.25) is 4.90 Å². The fourth-order valence-electron chi connectivity index (χ4n) is 4.10. The Morgan fingerprint density at radius 3 is 2.40 bits per heavy atom. The highest BCUT2D eigenvalue weighted by Gasteiger charge is 2.32. The highest BCUT2D eigenvalue weighted by molar-refractivity contribution is 7.17. The Morgan fingerprint density at radius 2 is 1.70 bits per heavy atom. The minimum atomic E-state index is -0.148. The number of nitrogens with zero attached hydrogens (tertiary/aromatic N) is 5. The number of benzene rings is 2. The first-order chi connectivity index (χ1) is 14.6. The average Bonchev–Trinajstić information content (AvgIpc) is 3.28. The summed E-state index contributed by atoms with van der Waals surface area (Å²) in [7, 11) is 0. The summed E-state index contributed by atoms with van der Waals surface area (Å²) in [5.74, 6) is 0.792. The molecule has 1 aliphatic heterocycles. The topological polar surface area (TPSA) is 56.9 Å². The van der Waals surface area contributed by atoms with Crippen molar-refractivity contribution in [1.29, 1.82) is 0 Å². The SMILES string of the molecule is Cc1nc2sc(C(c3ccccc3Cl)N3CCN(c4ccccc4)CC3)c(O)n2n1. The molecule has 0 amide bonds. The molecule has 30 heavy (non-hydrogen) atoms. The van der Waals surface area contributed by atoms with Crippen LogP contribution in [-0.4, -0.2) is 50.8 Å². The number of rotatable bonds is 4. The number of aryl methyl sites for hydroxylation is 1. The van der Waals surface area contributed by atoms with Crippen molar-refractivity contribution in [1.82, 2.24) is 19.5 Å². The summed E-state index contributed by atoms with van der Waals surface area (Å²) in [5, 5.41) is 16.0. The van der Waals surface area contributed by atoms with Crippen molar-refractivity contribution >= 4 is 33.6 Å². The molecule has 0 spiro atoms. The zero-order valence-electron chi connectivity index (χ0n) is 16.6. The molecule has 1 fully saturated rings. The van der Waals surface area contributed by atoms with Crippen molar-refractivity contribution in [2.24, 2.45) is 0 Å². The van der Waals surface area contributed by atoms with Crippen LogP contribution in [0.25, 0.3) is 4.96 Å². The smallest absolute Gasteiger partial charge is 0.230 e. The van der Waals surface area contributed by atoms with Gasteiger partial charge in [0, 0.05) is 36.9 Å². The van der Waals surface area contributed by atoms with Gasteiger partial charge in [0.05, 0.1) is 10.9 Å². The molecule has 3 heterocycles. The largest absolute Gasteiger partial charge is 0.492 e. The summed E-state index contributed by atoms with van der Waals surface area (Å²) in [6.45, 7) is 5.36. The number of anilines is 1. The van der Waals surface area contributed by atoms with Gasteiger partial charge in [0.25, 0.3) is 0 Å². The van der Waals surface area contributed by atoms with Gasteiger partial charge in [0.15, 0.2) is 0 Å². The molecule has 1 unspecified atom stereocenters. The predicted molar refractivity (Wildman–Crippen MR) is 121 cm³/mol. The second-order valence-electron chi connectivity index (χ2n) is 7.43. The first-order valence-electron chi connectivity index (χ1n) is 9.95. The van der Waals surface area contributed by atoms with Crippen LogP contribution in [0.15, 0.2) is 54.6 Å². The minimum Gasteiger partial charge on any atom is -0.492 e. The van der Waals surface area contributed by atoms with E-state index in [-0.39, 0.29) is 11.9 Å². The number of para-hydroxylation sites is 1. The number of aromatic hydroxyl groups is 1. The fraction of sp³-hybridized carbons (Fsp3) is 0.273. The predicted octanol–water partition coefficient (Wildman–Crippen LogP) is 4.37. The Bertz CT molecular complexity index is 1170. The van der Waals surface area contributed by atoms with E-state index in [0.29, 0.717) is 15.8 Å². The molecule has 2 aromatic carbocycles. The lowest BCUT2D eigenvalue weighted by atomic mass is 10.0. The molecule has 1 N–H and O–H groups in total. The first-order valence-corrected chi connectivity index (χ1v) is 11.1. The average molecular weight is 440 g/mol. The van der Waals surface area contributed by atoms with Crippen LogP contribution in [-0.2, 0) is 0 Å². The van der Waals surface area contributed by atoms with Gasteiger partial charge < -0.3 is 10.0 Å². The van der Waals surface area contributed by atoms with Gasteiger partial charge in [0.1, 0.15) is 5.82 Å². The van der Waals surface area contributed by atoms with Crippen LogP contribution in [0, 0.1) is 6.92 Å². The zero-order valence-corrected chi connectivity index (χ0v) is 18.1. The Labute approximate surface area is 184 Å². The minimum absolute atomic E-state index is 0.144. The summed E-state index contributed by atoms with van der Waals surface area (Å²) in [6, 6.07) is 18.2. The Kier molecular flexibility index (Phi) is 5.10. The number of aromatic nitrogens is 3. The third kappa shape index (κ3) is 3.43. The number of thiazole rings is 1. The normalized spacial score (nSPS) is 16.3. The van der Waals surface area contributed by atoms with Gasteiger partial charge in [0.2, 0.25) is 10.8 Å². The molecule has 1 atom stereocenters. The van der Waals surface area contributed by atoms with Crippen LogP contribution >= 0.6 is 22.9 Å².